The Bertz CT molecular complexity index is 914. The number of ether oxygens (including phenoxy) is 4. The molecule has 0 saturated carbocycles. The van der Waals surface area contributed by atoms with Gasteiger partial charge in [-0.2, -0.15) is 0 Å². The fourth-order valence-corrected chi connectivity index (χ4v) is 2.46. The van der Waals surface area contributed by atoms with Crippen LogP contribution in [0.4, 0.5) is 11.4 Å². The van der Waals surface area contributed by atoms with Gasteiger partial charge in [-0.3, -0.25) is 14.9 Å². The van der Waals surface area contributed by atoms with Crippen LogP contribution >= 0.6 is 0 Å². The Hall–Kier alpha value is -3.82. The number of para-hydroxylation sites is 2. The summed E-state index contributed by atoms with van der Waals surface area (Å²) in [5, 5.41) is 13.3. The van der Waals surface area contributed by atoms with Crippen molar-refractivity contribution in [2.45, 2.75) is 6.10 Å². The van der Waals surface area contributed by atoms with Gasteiger partial charge in [0.05, 0.1) is 17.7 Å². The molecule has 2 aromatic rings. The first-order valence-electron chi connectivity index (χ1n) is 8.15. The molecule has 1 heterocycles. The van der Waals surface area contributed by atoms with Gasteiger partial charge in [-0.1, -0.05) is 12.1 Å². The first-order chi connectivity index (χ1) is 13.5. The number of nitro groups is 1. The lowest BCUT2D eigenvalue weighted by atomic mass is 10.2. The van der Waals surface area contributed by atoms with E-state index in [0.29, 0.717) is 11.5 Å². The Kier molecular flexibility index (Phi) is 5.58. The molecular weight excluding hydrogens is 372 g/mol. The molecule has 1 aliphatic rings. The van der Waals surface area contributed by atoms with Crippen molar-refractivity contribution >= 4 is 23.3 Å². The SMILES string of the molecule is COc1ccc([N+](=O)[O-])cc1NC(=O)COC(=O)[C@H]1COc2ccccc2O1. The zero-order valence-electron chi connectivity index (χ0n) is 14.7. The number of nitrogens with one attached hydrogen (secondary N) is 1. The molecule has 1 amide bonds. The quantitative estimate of drug-likeness (QED) is 0.452. The molecule has 146 valence electrons. The smallest absolute Gasteiger partial charge is 0.351 e. The second-order valence-electron chi connectivity index (χ2n) is 5.66. The van der Waals surface area contributed by atoms with E-state index in [2.05, 4.69) is 5.32 Å². The van der Waals surface area contributed by atoms with Crippen molar-refractivity contribution < 1.29 is 33.5 Å². The number of non-ortho nitro benzene ring substituents is 1. The summed E-state index contributed by atoms with van der Waals surface area (Å²) in [5.74, 6) is -0.311. The standard InChI is InChI=1S/C18H16N2O8/c1-25-13-7-6-11(20(23)24)8-12(13)19-17(21)10-27-18(22)16-9-26-14-4-2-3-5-15(14)28-16/h2-8,16H,9-10H2,1H3,(H,19,21)/t16-/m1/s1. The van der Waals surface area contributed by atoms with E-state index in [-0.39, 0.29) is 23.7 Å². The molecule has 0 bridgehead atoms. The molecule has 0 fully saturated rings. The van der Waals surface area contributed by atoms with Crippen molar-refractivity contribution in [2.24, 2.45) is 0 Å². The first-order valence-corrected chi connectivity index (χ1v) is 8.15. The van der Waals surface area contributed by atoms with Crippen LogP contribution in [0.5, 0.6) is 17.2 Å². The number of methoxy groups -OCH3 is 1. The number of nitro benzene ring substituents is 1. The van der Waals surface area contributed by atoms with Crippen LogP contribution < -0.4 is 19.5 Å². The maximum absolute atomic E-state index is 12.1. The summed E-state index contributed by atoms with van der Waals surface area (Å²) >= 11 is 0. The number of hydrogen-bond donors (Lipinski definition) is 1. The molecule has 28 heavy (non-hydrogen) atoms. The first kappa shape index (κ1) is 19.0. The van der Waals surface area contributed by atoms with Crippen LogP contribution in [0.2, 0.25) is 0 Å². The third-order valence-corrected chi connectivity index (χ3v) is 3.78. The second-order valence-corrected chi connectivity index (χ2v) is 5.66. The van der Waals surface area contributed by atoms with Gasteiger partial charge in [0, 0.05) is 12.1 Å². The Morgan fingerprint density at radius 2 is 2.00 bits per heavy atom. The fraction of sp³-hybridized carbons (Fsp3) is 0.222. The van der Waals surface area contributed by atoms with Gasteiger partial charge in [0.25, 0.3) is 11.6 Å². The molecule has 0 unspecified atom stereocenters. The Morgan fingerprint density at radius 3 is 2.71 bits per heavy atom. The summed E-state index contributed by atoms with van der Waals surface area (Å²) in [6.07, 6.45) is -1.00. The van der Waals surface area contributed by atoms with Gasteiger partial charge in [0.1, 0.15) is 12.4 Å². The van der Waals surface area contributed by atoms with E-state index in [4.69, 9.17) is 18.9 Å². The highest BCUT2D eigenvalue weighted by Gasteiger charge is 2.29. The highest BCUT2D eigenvalue weighted by Crippen LogP contribution is 2.31. The number of amides is 1. The predicted octanol–water partition coefficient (Wildman–Crippen LogP) is 1.93. The lowest BCUT2D eigenvalue weighted by Crippen LogP contribution is -2.39. The van der Waals surface area contributed by atoms with Crippen LogP contribution in [0.15, 0.2) is 42.5 Å². The van der Waals surface area contributed by atoms with Crippen LogP contribution in [0, 0.1) is 10.1 Å². The van der Waals surface area contributed by atoms with Crippen LogP contribution in [0.3, 0.4) is 0 Å². The zero-order chi connectivity index (χ0) is 20.1. The molecule has 10 heteroatoms. The van der Waals surface area contributed by atoms with Crippen molar-refractivity contribution in [3.8, 4) is 17.2 Å². The summed E-state index contributed by atoms with van der Waals surface area (Å²) in [6.45, 7) is -0.650. The number of rotatable bonds is 6. The van der Waals surface area contributed by atoms with Crippen molar-refractivity contribution in [3.05, 3.63) is 52.6 Å². The highest BCUT2D eigenvalue weighted by atomic mass is 16.6. The average Bonchev–Trinajstić information content (AvgIpc) is 2.71. The lowest BCUT2D eigenvalue weighted by molar-refractivity contribution is -0.384. The number of anilines is 1. The maximum Gasteiger partial charge on any atom is 0.351 e. The predicted molar refractivity (Wildman–Crippen MR) is 95.6 cm³/mol. The van der Waals surface area contributed by atoms with Gasteiger partial charge in [-0.25, -0.2) is 4.79 Å². The Labute approximate surface area is 159 Å². The van der Waals surface area contributed by atoms with Gasteiger partial charge in [0.15, 0.2) is 18.1 Å². The van der Waals surface area contributed by atoms with Crippen LogP contribution in [0.25, 0.3) is 0 Å². The lowest BCUT2D eigenvalue weighted by Gasteiger charge is -2.24. The summed E-state index contributed by atoms with van der Waals surface area (Å²) in [4.78, 5) is 34.4. The van der Waals surface area contributed by atoms with E-state index in [1.807, 2.05) is 0 Å². The van der Waals surface area contributed by atoms with E-state index in [1.165, 1.54) is 19.2 Å². The molecule has 1 atom stereocenters. The minimum Gasteiger partial charge on any atom is -0.495 e. The molecule has 2 aromatic carbocycles. The molecule has 0 aromatic heterocycles. The average molecular weight is 388 g/mol. The molecular formula is C18H16N2O8. The minimum absolute atomic E-state index is 0.0455. The number of carbonyl (C=O) groups is 2. The molecule has 0 spiro atoms. The molecule has 0 aliphatic carbocycles. The maximum atomic E-state index is 12.1. The summed E-state index contributed by atoms with van der Waals surface area (Å²) in [5.41, 5.74) is -0.136. The Balaban J connectivity index is 1.57. The van der Waals surface area contributed by atoms with E-state index in [1.54, 1.807) is 24.3 Å². The molecule has 1 aliphatic heterocycles. The molecule has 0 radical (unpaired) electrons. The van der Waals surface area contributed by atoms with E-state index in [9.17, 15) is 19.7 Å². The van der Waals surface area contributed by atoms with Gasteiger partial charge < -0.3 is 24.3 Å². The number of carbonyl (C=O) groups excluding carboxylic acids is 2. The summed E-state index contributed by atoms with van der Waals surface area (Å²) in [6, 6.07) is 10.6. The van der Waals surface area contributed by atoms with Gasteiger partial charge in [-0.15, -0.1) is 0 Å². The number of nitrogens with zero attached hydrogens (tertiary/aromatic N) is 1. The van der Waals surface area contributed by atoms with E-state index >= 15 is 0 Å². The number of fused-ring (bicyclic) bond motifs is 1. The number of esters is 1. The largest absolute Gasteiger partial charge is 0.495 e. The van der Waals surface area contributed by atoms with E-state index in [0.717, 1.165) is 6.07 Å². The van der Waals surface area contributed by atoms with Gasteiger partial charge >= 0.3 is 5.97 Å². The molecule has 3 rings (SSSR count). The third-order valence-electron chi connectivity index (χ3n) is 3.78. The number of benzene rings is 2. The Morgan fingerprint density at radius 1 is 1.25 bits per heavy atom. The fourth-order valence-electron chi connectivity index (χ4n) is 2.46. The van der Waals surface area contributed by atoms with Crippen molar-refractivity contribution in [1.82, 2.24) is 0 Å². The van der Waals surface area contributed by atoms with Crippen LogP contribution in [-0.4, -0.2) is 43.2 Å². The van der Waals surface area contributed by atoms with Crippen molar-refractivity contribution in [3.63, 3.8) is 0 Å². The highest BCUT2D eigenvalue weighted by molar-refractivity contribution is 5.94. The number of hydrogen-bond acceptors (Lipinski definition) is 8. The second kappa shape index (κ2) is 8.25. The molecule has 0 saturated heterocycles. The van der Waals surface area contributed by atoms with Crippen molar-refractivity contribution in [1.29, 1.82) is 0 Å². The normalized spacial score (nSPS) is 14.7. The van der Waals surface area contributed by atoms with Crippen LogP contribution in [0.1, 0.15) is 0 Å². The molecule has 10 nitrogen and oxygen atoms in total. The van der Waals surface area contributed by atoms with Gasteiger partial charge in [0.2, 0.25) is 6.10 Å². The van der Waals surface area contributed by atoms with E-state index < -0.39 is 29.5 Å². The summed E-state index contributed by atoms with van der Waals surface area (Å²) < 4.78 is 20.9. The minimum atomic E-state index is -1.00. The van der Waals surface area contributed by atoms with Gasteiger partial charge in [-0.05, 0) is 18.2 Å². The topological polar surface area (TPSA) is 126 Å². The molecule has 1 N–H and O–H groups in total. The third kappa shape index (κ3) is 4.29. The monoisotopic (exact) mass is 388 g/mol. The van der Waals surface area contributed by atoms with Crippen LogP contribution in [-0.2, 0) is 14.3 Å². The zero-order valence-corrected chi connectivity index (χ0v) is 14.7. The summed E-state index contributed by atoms with van der Waals surface area (Å²) in [7, 11) is 1.36. The van der Waals surface area contributed by atoms with Crippen molar-refractivity contribution in [2.75, 3.05) is 25.6 Å².